The van der Waals surface area contributed by atoms with Crippen molar-refractivity contribution in [2.75, 3.05) is 13.1 Å². The summed E-state index contributed by atoms with van der Waals surface area (Å²) < 4.78 is 6.14. The zero-order chi connectivity index (χ0) is 30.1. The minimum Gasteiger partial charge on any atom is -0.508 e. The van der Waals surface area contributed by atoms with Crippen molar-refractivity contribution in [1.29, 1.82) is 0 Å². The van der Waals surface area contributed by atoms with Gasteiger partial charge in [-0.2, -0.15) is 0 Å². The maximum atomic E-state index is 14.1. The van der Waals surface area contributed by atoms with E-state index >= 15 is 0 Å². The van der Waals surface area contributed by atoms with Gasteiger partial charge in [0.05, 0.1) is 17.9 Å². The van der Waals surface area contributed by atoms with Gasteiger partial charge in [0.15, 0.2) is 0 Å². The molecule has 2 N–H and O–H groups in total. The number of hydrogen-bond donors (Lipinski definition) is 2. The molecule has 0 spiro atoms. The average molecular weight is 583 g/mol. The fourth-order valence-electron chi connectivity index (χ4n) is 7.95. The number of benzene rings is 2. The third-order valence-corrected chi connectivity index (χ3v) is 10.0. The quantitative estimate of drug-likeness (QED) is 0.245. The number of hydrogen-bond acceptors (Lipinski definition) is 6. The molecule has 0 unspecified atom stereocenters. The van der Waals surface area contributed by atoms with Crippen molar-refractivity contribution in [1.82, 2.24) is 9.80 Å². The number of amides is 2. The van der Waals surface area contributed by atoms with Crippen LogP contribution >= 0.6 is 0 Å². The molecule has 226 valence electrons. The zero-order valence-electron chi connectivity index (χ0n) is 25.3. The van der Waals surface area contributed by atoms with Crippen LogP contribution in [-0.4, -0.2) is 64.1 Å². The van der Waals surface area contributed by atoms with Crippen LogP contribution in [-0.2, 0) is 20.8 Å². The monoisotopic (exact) mass is 582 g/mol. The van der Waals surface area contributed by atoms with E-state index in [1.165, 1.54) is 16.7 Å². The maximum absolute atomic E-state index is 14.1. The second-order valence-corrected chi connectivity index (χ2v) is 12.8. The van der Waals surface area contributed by atoms with E-state index < -0.39 is 13.0 Å². The predicted octanol–water partition coefficient (Wildman–Crippen LogP) is 5.45. The Labute approximate surface area is 255 Å². The van der Waals surface area contributed by atoms with Crippen molar-refractivity contribution in [3.05, 3.63) is 82.4 Å². The summed E-state index contributed by atoms with van der Waals surface area (Å²) in [4.78, 5) is 32.0. The fourth-order valence-corrected chi connectivity index (χ4v) is 7.95. The Morgan fingerprint density at radius 2 is 1.74 bits per heavy atom. The van der Waals surface area contributed by atoms with Crippen LogP contribution in [0.3, 0.4) is 0 Å². The van der Waals surface area contributed by atoms with Crippen LogP contribution in [0.4, 0.5) is 0 Å². The molecule has 0 aromatic heterocycles. The smallest absolute Gasteiger partial charge is 0.455 e. The fraction of sp³-hybridized carbons (Fsp3) is 0.486. The van der Waals surface area contributed by atoms with Gasteiger partial charge in [0.2, 0.25) is 11.8 Å². The second kappa shape index (κ2) is 12.8. The predicted molar refractivity (Wildman–Crippen MR) is 168 cm³/mol. The summed E-state index contributed by atoms with van der Waals surface area (Å²) in [5, 5.41) is 20.4. The maximum Gasteiger partial charge on any atom is 0.455 e. The lowest BCUT2D eigenvalue weighted by molar-refractivity contribution is -0.144. The standard InChI is InChI=1S/C35H43BN2O5/c1-3-26-20-29-33(35(41)38(34(29)40)27-15-17-37(18-16-27)22-25-7-5-4-6-8-25)30-21-36(42)43-31(32(26)30)14-9-23(2)19-24-10-12-28(39)13-11-24/h4-8,10-13,19,27,29-31,33,39,42H,3,9,14-18,20-22H2,1-2H3/b23-19+/t29-,30+,31-,33-/m1/s1. The van der Waals surface area contributed by atoms with Crippen molar-refractivity contribution < 1.29 is 24.4 Å². The first kappa shape index (κ1) is 29.9. The number of rotatable bonds is 8. The first-order chi connectivity index (χ1) is 20.8. The summed E-state index contributed by atoms with van der Waals surface area (Å²) in [5.74, 6) is -0.705. The number of carbonyl (C=O) groups excluding carboxylic acids is 2. The summed E-state index contributed by atoms with van der Waals surface area (Å²) in [6.07, 6.45) is 6.70. The molecular weight excluding hydrogens is 539 g/mol. The van der Waals surface area contributed by atoms with Gasteiger partial charge in [0.25, 0.3) is 0 Å². The Morgan fingerprint density at radius 1 is 1.02 bits per heavy atom. The van der Waals surface area contributed by atoms with Crippen molar-refractivity contribution in [2.45, 2.75) is 77.4 Å². The molecule has 3 aliphatic heterocycles. The second-order valence-electron chi connectivity index (χ2n) is 12.8. The molecule has 2 amide bonds. The van der Waals surface area contributed by atoms with Gasteiger partial charge >= 0.3 is 7.12 Å². The molecule has 8 heteroatoms. The average Bonchev–Trinajstić information content (AvgIpc) is 3.26. The number of phenolic OH excluding ortho intramolecular Hbond substituents is 1. The third-order valence-electron chi connectivity index (χ3n) is 10.0. The van der Waals surface area contributed by atoms with E-state index in [2.05, 4.69) is 49.1 Å². The highest BCUT2D eigenvalue weighted by molar-refractivity contribution is 6.43. The minimum absolute atomic E-state index is 0.00767. The number of imide groups is 1. The van der Waals surface area contributed by atoms with E-state index in [9.17, 15) is 19.7 Å². The van der Waals surface area contributed by atoms with Gasteiger partial charge in [-0.25, -0.2) is 0 Å². The van der Waals surface area contributed by atoms with E-state index in [0.29, 0.717) is 19.2 Å². The van der Waals surface area contributed by atoms with Crippen LogP contribution in [0.15, 0.2) is 71.3 Å². The summed E-state index contributed by atoms with van der Waals surface area (Å²) in [6, 6.07) is 17.5. The highest BCUT2D eigenvalue weighted by Gasteiger charge is 2.58. The Hall–Kier alpha value is -3.20. The van der Waals surface area contributed by atoms with Crippen molar-refractivity contribution in [3.8, 4) is 5.75 Å². The number of fused-ring (bicyclic) bond motifs is 3. The molecule has 2 aromatic rings. The SMILES string of the molecule is CCC1=C2[C@@H](CC/C(C)=C/c3ccc(O)cc3)OB(O)C[C@@H]2[C@@H]2C(=O)N(C3CCN(Cc4ccccc4)CC3)C(=O)[C@@H]2C1. The minimum atomic E-state index is -0.949. The molecule has 0 bridgehead atoms. The summed E-state index contributed by atoms with van der Waals surface area (Å²) in [6.45, 7) is 6.82. The lowest BCUT2D eigenvalue weighted by Crippen LogP contribution is -2.48. The van der Waals surface area contributed by atoms with Crippen LogP contribution in [0, 0.1) is 17.8 Å². The molecule has 3 fully saturated rings. The van der Waals surface area contributed by atoms with E-state index in [0.717, 1.165) is 56.5 Å². The normalized spacial score (nSPS) is 27.1. The number of nitrogens with zero attached hydrogens (tertiary/aromatic N) is 2. The molecule has 0 saturated carbocycles. The number of piperidine rings is 1. The van der Waals surface area contributed by atoms with Gasteiger partial charge in [0, 0.05) is 25.7 Å². The Morgan fingerprint density at radius 3 is 2.44 bits per heavy atom. The Kier molecular flexibility index (Phi) is 8.89. The van der Waals surface area contributed by atoms with Crippen molar-refractivity contribution in [2.24, 2.45) is 17.8 Å². The molecule has 6 rings (SSSR count). The van der Waals surface area contributed by atoms with Gasteiger partial charge in [-0.05, 0) is 86.5 Å². The first-order valence-electron chi connectivity index (χ1n) is 16.0. The summed E-state index contributed by atoms with van der Waals surface area (Å²) >= 11 is 0. The number of phenols is 1. The van der Waals surface area contributed by atoms with Crippen LogP contribution in [0.5, 0.6) is 5.75 Å². The van der Waals surface area contributed by atoms with E-state index in [1.54, 1.807) is 17.0 Å². The van der Waals surface area contributed by atoms with Gasteiger partial charge in [0.1, 0.15) is 5.75 Å². The molecule has 43 heavy (non-hydrogen) atoms. The topological polar surface area (TPSA) is 90.3 Å². The Bertz CT molecular complexity index is 1380. The molecule has 2 aromatic carbocycles. The third kappa shape index (κ3) is 6.24. The number of allylic oxidation sites excluding steroid dienone is 2. The molecule has 0 radical (unpaired) electrons. The van der Waals surface area contributed by atoms with Crippen LogP contribution < -0.4 is 0 Å². The molecule has 4 atom stereocenters. The molecule has 3 saturated heterocycles. The highest BCUT2D eigenvalue weighted by atomic mass is 16.5. The zero-order valence-corrected chi connectivity index (χ0v) is 25.3. The van der Waals surface area contributed by atoms with Crippen LogP contribution in [0.1, 0.15) is 63.5 Å². The van der Waals surface area contributed by atoms with Crippen molar-refractivity contribution in [3.63, 3.8) is 0 Å². The first-order valence-corrected chi connectivity index (χ1v) is 16.0. The molecular formula is C35H43BN2O5. The van der Waals surface area contributed by atoms with Crippen molar-refractivity contribution >= 4 is 25.0 Å². The Balaban J connectivity index is 1.15. The molecule has 3 heterocycles. The van der Waals surface area contributed by atoms with E-state index in [4.69, 9.17) is 4.65 Å². The van der Waals surface area contributed by atoms with Crippen LogP contribution in [0.25, 0.3) is 6.08 Å². The number of aromatic hydroxyl groups is 1. The lowest BCUT2D eigenvalue weighted by atomic mass is 9.58. The lowest BCUT2D eigenvalue weighted by Gasteiger charge is -2.43. The van der Waals surface area contributed by atoms with Gasteiger partial charge in [-0.15, -0.1) is 0 Å². The van der Waals surface area contributed by atoms with E-state index in [-0.39, 0.29) is 41.5 Å². The molecule has 1 aliphatic carbocycles. The largest absolute Gasteiger partial charge is 0.508 e. The highest BCUT2D eigenvalue weighted by Crippen LogP contribution is 2.52. The summed E-state index contributed by atoms with van der Waals surface area (Å²) in [7, 11) is -0.949. The molecule has 4 aliphatic rings. The van der Waals surface area contributed by atoms with E-state index in [1.807, 2.05) is 18.2 Å². The van der Waals surface area contributed by atoms with Gasteiger partial charge in [-0.1, -0.05) is 66.6 Å². The van der Waals surface area contributed by atoms with Crippen LogP contribution in [0.2, 0.25) is 6.32 Å². The molecule has 7 nitrogen and oxygen atoms in total. The van der Waals surface area contributed by atoms with Gasteiger partial charge < -0.3 is 14.8 Å². The van der Waals surface area contributed by atoms with Gasteiger partial charge in [-0.3, -0.25) is 19.4 Å². The summed E-state index contributed by atoms with van der Waals surface area (Å²) in [5.41, 5.74) is 5.86. The number of likely N-dealkylation sites (tertiary alicyclic amines) is 2. The number of carbonyl (C=O) groups is 2.